The lowest BCUT2D eigenvalue weighted by molar-refractivity contribution is 0.0936. The molecule has 1 aromatic heterocycles. The molecule has 1 heterocycles. The average Bonchev–Trinajstić information content (AvgIpc) is 2.19. The van der Waals surface area contributed by atoms with Gasteiger partial charge in [-0.1, -0.05) is 6.07 Å². The summed E-state index contributed by atoms with van der Waals surface area (Å²) in [7, 11) is 0. The standard InChI is InChI=1S/C10H11N3O/c1-8(5-6-11)13-10(14)9-4-2-3-7-12-9/h2-4,7-8H,5H2,1H3,(H,13,14). The first kappa shape index (κ1) is 10.2. The van der Waals surface area contributed by atoms with Crippen LogP contribution in [-0.2, 0) is 0 Å². The zero-order valence-corrected chi connectivity index (χ0v) is 7.90. The van der Waals surface area contributed by atoms with Crippen LogP contribution in [0.15, 0.2) is 24.4 Å². The van der Waals surface area contributed by atoms with Crippen LogP contribution < -0.4 is 5.32 Å². The van der Waals surface area contributed by atoms with E-state index in [1.54, 1.807) is 31.3 Å². The van der Waals surface area contributed by atoms with E-state index in [4.69, 9.17) is 5.26 Å². The van der Waals surface area contributed by atoms with E-state index >= 15 is 0 Å². The molecule has 1 atom stereocenters. The Labute approximate surface area is 82.6 Å². The number of nitrogens with one attached hydrogen (secondary N) is 1. The van der Waals surface area contributed by atoms with Gasteiger partial charge >= 0.3 is 0 Å². The molecule has 1 aromatic rings. The van der Waals surface area contributed by atoms with Gasteiger partial charge in [-0.2, -0.15) is 5.26 Å². The predicted molar refractivity (Wildman–Crippen MR) is 51.4 cm³/mol. The quantitative estimate of drug-likeness (QED) is 0.774. The van der Waals surface area contributed by atoms with Crippen LogP contribution in [0.25, 0.3) is 0 Å². The highest BCUT2D eigenvalue weighted by molar-refractivity contribution is 5.92. The zero-order chi connectivity index (χ0) is 10.4. The van der Waals surface area contributed by atoms with Crippen LogP contribution in [0.4, 0.5) is 0 Å². The number of nitrogens with zero attached hydrogens (tertiary/aromatic N) is 2. The fourth-order valence-corrected chi connectivity index (χ4v) is 0.983. The maximum atomic E-state index is 11.4. The van der Waals surface area contributed by atoms with Crippen LogP contribution in [0.5, 0.6) is 0 Å². The largest absolute Gasteiger partial charge is 0.347 e. The summed E-state index contributed by atoms with van der Waals surface area (Å²) in [5.74, 6) is -0.242. The van der Waals surface area contributed by atoms with Crippen molar-refractivity contribution in [1.29, 1.82) is 5.26 Å². The number of aromatic nitrogens is 1. The van der Waals surface area contributed by atoms with Crippen molar-refractivity contribution in [3.8, 4) is 6.07 Å². The van der Waals surface area contributed by atoms with Crippen LogP contribution in [0, 0.1) is 11.3 Å². The van der Waals surface area contributed by atoms with Crippen molar-refractivity contribution < 1.29 is 4.79 Å². The Balaban J connectivity index is 2.56. The maximum absolute atomic E-state index is 11.4. The molecule has 1 unspecified atom stereocenters. The van der Waals surface area contributed by atoms with E-state index in [-0.39, 0.29) is 11.9 Å². The second kappa shape index (κ2) is 4.97. The summed E-state index contributed by atoms with van der Waals surface area (Å²) in [6.45, 7) is 1.78. The first-order valence-corrected chi connectivity index (χ1v) is 4.33. The highest BCUT2D eigenvalue weighted by atomic mass is 16.1. The van der Waals surface area contributed by atoms with E-state index in [1.807, 2.05) is 6.07 Å². The molecule has 0 saturated heterocycles. The number of hydrogen-bond donors (Lipinski definition) is 1. The van der Waals surface area contributed by atoms with E-state index in [9.17, 15) is 4.79 Å². The average molecular weight is 189 g/mol. The van der Waals surface area contributed by atoms with Gasteiger partial charge in [-0.05, 0) is 19.1 Å². The van der Waals surface area contributed by atoms with Crippen molar-refractivity contribution in [2.45, 2.75) is 19.4 Å². The Morgan fingerprint density at radius 2 is 2.50 bits per heavy atom. The predicted octanol–water partition coefficient (Wildman–Crippen LogP) is 1.11. The molecule has 0 spiro atoms. The van der Waals surface area contributed by atoms with E-state index in [0.717, 1.165) is 0 Å². The van der Waals surface area contributed by atoms with Crippen molar-refractivity contribution in [2.24, 2.45) is 0 Å². The molecule has 0 aliphatic carbocycles. The summed E-state index contributed by atoms with van der Waals surface area (Å²) in [5, 5.41) is 11.1. The summed E-state index contributed by atoms with van der Waals surface area (Å²) < 4.78 is 0. The van der Waals surface area contributed by atoms with Gasteiger partial charge in [0.25, 0.3) is 5.91 Å². The topological polar surface area (TPSA) is 65.8 Å². The van der Waals surface area contributed by atoms with Crippen LogP contribution in [0.1, 0.15) is 23.8 Å². The Morgan fingerprint density at radius 1 is 1.71 bits per heavy atom. The summed E-state index contributed by atoms with van der Waals surface area (Å²) in [5.41, 5.74) is 0.372. The molecule has 72 valence electrons. The van der Waals surface area contributed by atoms with Crippen molar-refractivity contribution in [3.63, 3.8) is 0 Å². The van der Waals surface area contributed by atoms with Crippen LogP contribution in [-0.4, -0.2) is 16.9 Å². The van der Waals surface area contributed by atoms with Gasteiger partial charge in [-0.15, -0.1) is 0 Å². The maximum Gasteiger partial charge on any atom is 0.270 e. The lowest BCUT2D eigenvalue weighted by Crippen LogP contribution is -2.32. The summed E-state index contributed by atoms with van der Waals surface area (Å²) >= 11 is 0. The molecule has 0 bridgehead atoms. The van der Waals surface area contributed by atoms with Gasteiger partial charge in [0.15, 0.2) is 0 Å². The first-order chi connectivity index (χ1) is 6.74. The second-order valence-electron chi connectivity index (χ2n) is 2.95. The summed E-state index contributed by atoms with van der Waals surface area (Å²) in [6, 6.07) is 6.97. The van der Waals surface area contributed by atoms with Gasteiger partial charge in [-0.3, -0.25) is 9.78 Å². The van der Waals surface area contributed by atoms with E-state index < -0.39 is 0 Å². The van der Waals surface area contributed by atoms with E-state index in [0.29, 0.717) is 12.1 Å². The summed E-state index contributed by atoms with van der Waals surface area (Å²) in [4.78, 5) is 15.3. The second-order valence-corrected chi connectivity index (χ2v) is 2.95. The Bertz CT molecular complexity index is 342. The number of hydrogen-bond acceptors (Lipinski definition) is 3. The molecule has 1 amide bonds. The normalized spacial score (nSPS) is 11.4. The van der Waals surface area contributed by atoms with E-state index in [1.165, 1.54) is 0 Å². The molecule has 0 radical (unpaired) electrons. The number of carbonyl (C=O) groups is 1. The highest BCUT2D eigenvalue weighted by Crippen LogP contribution is 1.95. The minimum Gasteiger partial charge on any atom is -0.347 e. The van der Waals surface area contributed by atoms with Gasteiger partial charge in [0.05, 0.1) is 12.5 Å². The van der Waals surface area contributed by atoms with Crippen molar-refractivity contribution in [3.05, 3.63) is 30.1 Å². The number of amides is 1. The van der Waals surface area contributed by atoms with Crippen LogP contribution in [0.3, 0.4) is 0 Å². The molecule has 1 rings (SSSR count). The molecule has 0 aliphatic rings. The first-order valence-electron chi connectivity index (χ1n) is 4.33. The molecule has 4 nitrogen and oxygen atoms in total. The third kappa shape index (κ3) is 2.87. The Morgan fingerprint density at radius 3 is 3.07 bits per heavy atom. The molecule has 0 aromatic carbocycles. The molecule has 1 N–H and O–H groups in total. The van der Waals surface area contributed by atoms with Gasteiger partial charge in [0.1, 0.15) is 5.69 Å². The number of nitriles is 1. The third-order valence-corrected chi connectivity index (χ3v) is 1.67. The summed E-state index contributed by atoms with van der Waals surface area (Å²) in [6.07, 6.45) is 1.86. The molecule has 4 heteroatoms. The minimum atomic E-state index is -0.242. The smallest absolute Gasteiger partial charge is 0.270 e. The SMILES string of the molecule is CC(CC#N)NC(=O)c1ccccn1. The molecule has 0 saturated carbocycles. The molecular weight excluding hydrogens is 178 g/mol. The fraction of sp³-hybridized carbons (Fsp3) is 0.300. The van der Waals surface area contributed by atoms with Crippen molar-refractivity contribution >= 4 is 5.91 Å². The van der Waals surface area contributed by atoms with Gasteiger partial charge in [-0.25, -0.2) is 0 Å². The molecule has 14 heavy (non-hydrogen) atoms. The number of carbonyl (C=O) groups excluding carboxylic acids is 1. The minimum absolute atomic E-state index is 0.144. The van der Waals surface area contributed by atoms with Crippen LogP contribution in [0.2, 0.25) is 0 Å². The number of rotatable bonds is 3. The monoisotopic (exact) mass is 189 g/mol. The lowest BCUT2D eigenvalue weighted by Gasteiger charge is -2.08. The van der Waals surface area contributed by atoms with Crippen molar-refractivity contribution in [2.75, 3.05) is 0 Å². The molecular formula is C10H11N3O. The fourth-order valence-electron chi connectivity index (χ4n) is 0.983. The number of pyridine rings is 1. The zero-order valence-electron chi connectivity index (χ0n) is 7.90. The van der Waals surface area contributed by atoms with Gasteiger partial charge < -0.3 is 5.32 Å². The Kier molecular flexibility index (Phi) is 3.62. The van der Waals surface area contributed by atoms with Gasteiger partial charge in [0.2, 0.25) is 0 Å². The van der Waals surface area contributed by atoms with Crippen LogP contribution >= 0.6 is 0 Å². The highest BCUT2D eigenvalue weighted by Gasteiger charge is 2.09. The third-order valence-electron chi connectivity index (χ3n) is 1.67. The van der Waals surface area contributed by atoms with E-state index in [2.05, 4.69) is 10.3 Å². The molecule has 0 fully saturated rings. The van der Waals surface area contributed by atoms with Crippen molar-refractivity contribution in [1.82, 2.24) is 10.3 Å². The Hall–Kier alpha value is -1.89. The lowest BCUT2D eigenvalue weighted by atomic mass is 10.2. The molecule has 0 aliphatic heterocycles. The van der Waals surface area contributed by atoms with Gasteiger partial charge in [0, 0.05) is 12.2 Å².